The molecule has 0 fully saturated rings. The summed E-state index contributed by atoms with van der Waals surface area (Å²) in [6.45, 7) is 1.97. The smallest absolute Gasteiger partial charge is 0.0829 e. The Labute approximate surface area is 115 Å². The molecule has 102 valence electrons. The van der Waals surface area contributed by atoms with E-state index in [1.165, 1.54) is 11.1 Å². The molecule has 0 aliphatic heterocycles. The van der Waals surface area contributed by atoms with Crippen molar-refractivity contribution < 1.29 is 9.47 Å². The van der Waals surface area contributed by atoms with Gasteiger partial charge in [0.25, 0.3) is 0 Å². The maximum atomic E-state index is 9.59. The molecular weight excluding hydrogens is 238 g/mol. The molecule has 0 aromatic heterocycles. The van der Waals surface area contributed by atoms with Gasteiger partial charge in [0.1, 0.15) is 0 Å². The van der Waals surface area contributed by atoms with Crippen molar-refractivity contribution in [3.63, 3.8) is 0 Å². The van der Waals surface area contributed by atoms with Crippen LogP contribution in [0.5, 0.6) is 0 Å². The van der Waals surface area contributed by atoms with Crippen LogP contribution in [0.4, 0.5) is 0 Å². The molecule has 2 rings (SSSR count). The summed E-state index contributed by atoms with van der Waals surface area (Å²) in [6.07, 6.45) is 3.77. The zero-order chi connectivity index (χ0) is 13.6. The first-order chi connectivity index (χ1) is 9.32. The summed E-state index contributed by atoms with van der Waals surface area (Å²) < 4.78 is 10.4. The third-order valence-electron chi connectivity index (χ3n) is 3.89. The number of methoxy groups -OCH3 is 1. The Kier molecular flexibility index (Phi) is 4.95. The van der Waals surface area contributed by atoms with E-state index in [1.54, 1.807) is 7.11 Å². The molecule has 1 aromatic rings. The standard InChI is InChI=1S/C16H21NO2/c1-18-11-12-19-10-4-8-16(13-17)9-7-14-5-2-3-6-15(14)16/h2-3,5-6H,4,7-12H2,1H3. The lowest BCUT2D eigenvalue weighted by molar-refractivity contribution is 0.0673. The van der Waals surface area contributed by atoms with E-state index >= 15 is 0 Å². The fourth-order valence-corrected chi connectivity index (χ4v) is 2.84. The van der Waals surface area contributed by atoms with E-state index in [1.807, 2.05) is 6.07 Å². The maximum Gasteiger partial charge on any atom is 0.0829 e. The highest BCUT2D eigenvalue weighted by atomic mass is 16.5. The molecule has 1 aliphatic carbocycles. The highest BCUT2D eigenvalue weighted by Crippen LogP contribution is 2.41. The lowest BCUT2D eigenvalue weighted by Gasteiger charge is -2.22. The van der Waals surface area contributed by atoms with Gasteiger partial charge in [-0.05, 0) is 36.8 Å². The molecule has 0 N–H and O–H groups in total. The van der Waals surface area contributed by atoms with E-state index < -0.39 is 0 Å². The van der Waals surface area contributed by atoms with Crippen LogP contribution >= 0.6 is 0 Å². The first kappa shape index (κ1) is 14.0. The van der Waals surface area contributed by atoms with Crippen molar-refractivity contribution >= 4 is 0 Å². The number of hydrogen-bond donors (Lipinski definition) is 0. The summed E-state index contributed by atoms with van der Waals surface area (Å²) in [4.78, 5) is 0. The fourth-order valence-electron chi connectivity index (χ4n) is 2.84. The van der Waals surface area contributed by atoms with Crippen molar-refractivity contribution in [2.75, 3.05) is 26.9 Å². The van der Waals surface area contributed by atoms with E-state index in [0.717, 1.165) is 25.7 Å². The molecule has 0 spiro atoms. The number of ether oxygens (including phenoxy) is 2. The van der Waals surface area contributed by atoms with Crippen LogP contribution in [0.1, 0.15) is 30.4 Å². The van der Waals surface area contributed by atoms with Crippen LogP contribution in [0, 0.1) is 11.3 Å². The predicted octanol–water partition coefficient (Wildman–Crippen LogP) is 2.84. The second kappa shape index (κ2) is 6.70. The van der Waals surface area contributed by atoms with Gasteiger partial charge in [-0.3, -0.25) is 0 Å². The monoisotopic (exact) mass is 259 g/mol. The lowest BCUT2D eigenvalue weighted by atomic mass is 9.79. The van der Waals surface area contributed by atoms with Crippen LogP contribution in [-0.4, -0.2) is 26.9 Å². The Morgan fingerprint density at radius 2 is 2.11 bits per heavy atom. The number of hydrogen-bond acceptors (Lipinski definition) is 3. The number of rotatable bonds is 7. The van der Waals surface area contributed by atoms with Crippen molar-refractivity contribution in [3.05, 3.63) is 35.4 Å². The van der Waals surface area contributed by atoms with Crippen LogP contribution in [0.3, 0.4) is 0 Å². The van der Waals surface area contributed by atoms with Crippen molar-refractivity contribution in [3.8, 4) is 6.07 Å². The average Bonchev–Trinajstić information content (AvgIpc) is 2.83. The molecule has 1 atom stereocenters. The summed E-state index contributed by atoms with van der Waals surface area (Å²) >= 11 is 0. The lowest BCUT2D eigenvalue weighted by Crippen LogP contribution is -2.21. The van der Waals surface area contributed by atoms with Gasteiger partial charge in [-0.25, -0.2) is 0 Å². The SMILES string of the molecule is COCCOCCCC1(C#N)CCc2ccccc21. The summed E-state index contributed by atoms with van der Waals surface area (Å²) in [5, 5.41) is 9.59. The van der Waals surface area contributed by atoms with Gasteiger partial charge >= 0.3 is 0 Å². The van der Waals surface area contributed by atoms with Gasteiger partial charge in [0, 0.05) is 13.7 Å². The fraction of sp³-hybridized carbons (Fsp3) is 0.562. The molecule has 0 radical (unpaired) electrons. The van der Waals surface area contributed by atoms with Gasteiger partial charge in [0.2, 0.25) is 0 Å². The Hall–Kier alpha value is -1.37. The zero-order valence-corrected chi connectivity index (χ0v) is 11.5. The molecule has 0 saturated heterocycles. The number of benzene rings is 1. The van der Waals surface area contributed by atoms with E-state index in [9.17, 15) is 5.26 Å². The quantitative estimate of drug-likeness (QED) is 0.707. The molecule has 0 heterocycles. The van der Waals surface area contributed by atoms with E-state index in [-0.39, 0.29) is 5.41 Å². The predicted molar refractivity (Wildman–Crippen MR) is 74.0 cm³/mol. The van der Waals surface area contributed by atoms with Gasteiger partial charge in [0.05, 0.1) is 24.7 Å². The molecule has 3 heteroatoms. The topological polar surface area (TPSA) is 42.2 Å². The molecule has 19 heavy (non-hydrogen) atoms. The highest BCUT2D eigenvalue weighted by molar-refractivity contribution is 5.43. The first-order valence-corrected chi connectivity index (χ1v) is 6.89. The number of fused-ring (bicyclic) bond motifs is 1. The van der Waals surface area contributed by atoms with Gasteiger partial charge in [-0.2, -0.15) is 5.26 Å². The minimum atomic E-state index is -0.290. The minimum absolute atomic E-state index is 0.290. The zero-order valence-electron chi connectivity index (χ0n) is 11.5. The Morgan fingerprint density at radius 1 is 1.26 bits per heavy atom. The Morgan fingerprint density at radius 3 is 2.89 bits per heavy atom. The second-order valence-electron chi connectivity index (χ2n) is 5.06. The second-order valence-corrected chi connectivity index (χ2v) is 5.06. The molecule has 1 aliphatic rings. The molecule has 1 unspecified atom stereocenters. The van der Waals surface area contributed by atoms with Gasteiger partial charge < -0.3 is 9.47 Å². The number of nitriles is 1. The van der Waals surface area contributed by atoms with Crippen LogP contribution in [0.15, 0.2) is 24.3 Å². The largest absolute Gasteiger partial charge is 0.382 e. The highest BCUT2D eigenvalue weighted by Gasteiger charge is 2.38. The molecular formula is C16H21NO2. The van der Waals surface area contributed by atoms with E-state index in [0.29, 0.717) is 19.8 Å². The first-order valence-electron chi connectivity index (χ1n) is 6.89. The van der Waals surface area contributed by atoms with Crippen molar-refractivity contribution in [1.82, 2.24) is 0 Å². The van der Waals surface area contributed by atoms with E-state index in [2.05, 4.69) is 24.3 Å². The summed E-state index contributed by atoms with van der Waals surface area (Å²) in [5.74, 6) is 0. The van der Waals surface area contributed by atoms with Crippen LogP contribution in [0.2, 0.25) is 0 Å². The molecule has 1 aromatic carbocycles. The van der Waals surface area contributed by atoms with Gasteiger partial charge in [-0.1, -0.05) is 24.3 Å². The molecule has 0 saturated carbocycles. The van der Waals surface area contributed by atoms with Crippen molar-refractivity contribution in [2.45, 2.75) is 31.1 Å². The summed E-state index contributed by atoms with van der Waals surface area (Å²) in [7, 11) is 1.67. The number of aryl methyl sites for hydroxylation is 1. The molecule has 0 amide bonds. The van der Waals surface area contributed by atoms with Crippen LogP contribution < -0.4 is 0 Å². The third kappa shape index (κ3) is 3.15. The normalized spacial score (nSPS) is 21.1. The summed E-state index contributed by atoms with van der Waals surface area (Å²) in [5.41, 5.74) is 2.28. The number of nitrogens with zero attached hydrogens (tertiary/aromatic N) is 1. The van der Waals surface area contributed by atoms with Gasteiger partial charge in [0.15, 0.2) is 0 Å². The molecule has 0 bridgehead atoms. The van der Waals surface area contributed by atoms with E-state index in [4.69, 9.17) is 9.47 Å². The van der Waals surface area contributed by atoms with Crippen LogP contribution in [-0.2, 0) is 21.3 Å². The average molecular weight is 259 g/mol. The van der Waals surface area contributed by atoms with Crippen molar-refractivity contribution in [2.24, 2.45) is 0 Å². The maximum absolute atomic E-state index is 9.59. The van der Waals surface area contributed by atoms with Gasteiger partial charge in [-0.15, -0.1) is 0 Å². The Balaban J connectivity index is 1.89. The Bertz CT molecular complexity index is 452. The summed E-state index contributed by atoms with van der Waals surface area (Å²) in [6, 6.07) is 10.9. The third-order valence-corrected chi connectivity index (χ3v) is 3.89. The molecule has 3 nitrogen and oxygen atoms in total. The van der Waals surface area contributed by atoms with Crippen LogP contribution in [0.25, 0.3) is 0 Å². The minimum Gasteiger partial charge on any atom is -0.382 e. The van der Waals surface area contributed by atoms with Crippen molar-refractivity contribution in [1.29, 1.82) is 5.26 Å².